The lowest BCUT2D eigenvalue weighted by molar-refractivity contribution is 0.0892. The third-order valence-electron chi connectivity index (χ3n) is 4.25. The minimum Gasteiger partial charge on any atom is -0.381 e. The van der Waals surface area contributed by atoms with Crippen LogP contribution < -0.4 is 0 Å². The largest absolute Gasteiger partial charge is 0.381 e. The third kappa shape index (κ3) is 2.30. The average molecular weight is 264 g/mol. The van der Waals surface area contributed by atoms with Crippen LogP contribution in [0.2, 0.25) is 0 Å². The fourth-order valence-electron chi connectivity index (χ4n) is 2.98. The average Bonchev–Trinajstić information content (AvgIpc) is 2.44. The van der Waals surface area contributed by atoms with Crippen LogP contribution in [0, 0.1) is 6.92 Å². The van der Waals surface area contributed by atoms with E-state index in [9.17, 15) is 5.11 Å². The number of hydrogen-bond donors (Lipinski definition) is 1. The Morgan fingerprint density at radius 3 is 2.45 bits per heavy atom. The van der Waals surface area contributed by atoms with Gasteiger partial charge in [-0.1, -0.05) is 60.2 Å². The molecule has 20 heavy (non-hydrogen) atoms. The number of benzene rings is 2. The van der Waals surface area contributed by atoms with E-state index in [1.54, 1.807) is 0 Å². The maximum atomic E-state index is 10.9. The fourth-order valence-corrected chi connectivity index (χ4v) is 2.98. The van der Waals surface area contributed by atoms with E-state index in [4.69, 9.17) is 0 Å². The number of hydrogen-bond acceptors (Lipinski definition) is 1. The Kier molecular flexibility index (Phi) is 3.23. The molecule has 0 amide bonds. The van der Waals surface area contributed by atoms with Crippen molar-refractivity contribution in [1.82, 2.24) is 0 Å². The van der Waals surface area contributed by atoms with Crippen LogP contribution in [-0.2, 0) is 12.0 Å². The van der Waals surface area contributed by atoms with Gasteiger partial charge in [0.15, 0.2) is 0 Å². The highest BCUT2D eigenvalue weighted by molar-refractivity contribution is 5.58. The molecule has 0 saturated carbocycles. The normalized spacial score (nSPS) is 23.6. The van der Waals surface area contributed by atoms with Gasteiger partial charge in [-0.05, 0) is 49.0 Å². The molecule has 1 aliphatic rings. The molecule has 0 radical (unpaired) electrons. The van der Waals surface area contributed by atoms with Gasteiger partial charge in [0.1, 0.15) is 5.60 Å². The highest BCUT2D eigenvalue weighted by Gasteiger charge is 2.33. The molecule has 0 bridgehead atoms. The second-order valence-electron chi connectivity index (χ2n) is 5.81. The van der Waals surface area contributed by atoms with Crippen LogP contribution in [0.25, 0.3) is 6.08 Å². The first-order valence-electron chi connectivity index (χ1n) is 7.16. The van der Waals surface area contributed by atoms with Crippen molar-refractivity contribution in [1.29, 1.82) is 0 Å². The van der Waals surface area contributed by atoms with E-state index >= 15 is 0 Å². The lowest BCUT2D eigenvalue weighted by Crippen LogP contribution is -2.29. The molecular formula is C19H20O. The molecule has 0 unspecified atom stereocenters. The van der Waals surface area contributed by atoms with Crippen molar-refractivity contribution < 1.29 is 5.11 Å². The Bertz CT molecular complexity index is 648. The lowest BCUT2D eigenvalue weighted by atomic mass is 9.76. The van der Waals surface area contributed by atoms with Crippen LogP contribution in [0.4, 0.5) is 0 Å². The van der Waals surface area contributed by atoms with E-state index in [1.807, 2.05) is 25.1 Å². The van der Waals surface area contributed by atoms with Gasteiger partial charge in [-0.15, -0.1) is 0 Å². The second kappa shape index (κ2) is 4.92. The zero-order chi connectivity index (χ0) is 14.2. The zero-order valence-corrected chi connectivity index (χ0v) is 12.1. The van der Waals surface area contributed by atoms with Gasteiger partial charge in [-0.2, -0.15) is 0 Å². The predicted octanol–water partition coefficient (Wildman–Crippen LogP) is 4.23. The van der Waals surface area contributed by atoms with Gasteiger partial charge in [0, 0.05) is 0 Å². The summed E-state index contributed by atoms with van der Waals surface area (Å²) in [6, 6.07) is 16.6. The zero-order valence-electron chi connectivity index (χ0n) is 12.1. The summed E-state index contributed by atoms with van der Waals surface area (Å²) in [5.41, 5.74) is 4.96. The SMILES string of the molecule is Cc1ccc(/C=C2/CCc3ccccc3[C@]2(C)O)cc1. The van der Waals surface area contributed by atoms with E-state index in [1.165, 1.54) is 11.1 Å². The molecule has 2 aromatic carbocycles. The van der Waals surface area contributed by atoms with Gasteiger partial charge in [-0.25, -0.2) is 0 Å². The summed E-state index contributed by atoms with van der Waals surface area (Å²) in [5.74, 6) is 0. The van der Waals surface area contributed by atoms with Crippen LogP contribution in [0.1, 0.15) is 35.6 Å². The van der Waals surface area contributed by atoms with Gasteiger partial charge in [-0.3, -0.25) is 0 Å². The molecule has 3 rings (SSSR count). The number of aryl methyl sites for hydroxylation is 2. The van der Waals surface area contributed by atoms with E-state index in [-0.39, 0.29) is 0 Å². The molecule has 0 spiro atoms. The third-order valence-corrected chi connectivity index (χ3v) is 4.25. The second-order valence-corrected chi connectivity index (χ2v) is 5.81. The Morgan fingerprint density at radius 2 is 1.70 bits per heavy atom. The molecule has 0 fully saturated rings. The molecule has 0 saturated heterocycles. The Balaban J connectivity index is 2.02. The smallest absolute Gasteiger partial charge is 0.108 e. The number of fused-ring (bicyclic) bond motifs is 1. The molecule has 1 atom stereocenters. The standard InChI is InChI=1S/C19H20O/c1-14-7-9-15(10-8-14)13-17-12-11-16-5-3-4-6-18(16)19(17,2)20/h3-10,13,20H,11-12H2,1-2H3/b17-13-/t19-/m1/s1. The van der Waals surface area contributed by atoms with Crippen molar-refractivity contribution in [2.24, 2.45) is 0 Å². The highest BCUT2D eigenvalue weighted by atomic mass is 16.3. The first kappa shape index (κ1) is 13.1. The van der Waals surface area contributed by atoms with E-state index in [2.05, 4.69) is 43.3 Å². The monoisotopic (exact) mass is 264 g/mol. The molecule has 102 valence electrons. The molecule has 1 heteroatoms. The molecular weight excluding hydrogens is 244 g/mol. The Morgan fingerprint density at radius 1 is 1.00 bits per heavy atom. The molecule has 1 N–H and O–H groups in total. The van der Waals surface area contributed by atoms with Crippen molar-refractivity contribution in [3.63, 3.8) is 0 Å². The fraction of sp³-hybridized carbons (Fsp3) is 0.263. The highest BCUT2D eigenvalue weighted by Crippen LogP contribution is 2.39. The summed E-state index contributed by atoms with van der Waals surface area (Å²) in [5, 5.41) is 10.9. The topological polar surface area (TPSA) is 20.2 Å². The van der Waals surface area contributed by atoms with E-state index < -0.39 is 5.60 Å². The van der Waals surface area contributed by atoms with Crippen molar-refractivity contribution in [3.05, 3.63) is 76.4 Å². The molecule has 1 nitrogen and oxygen atoms in total. The van der Waals surface area contributed by atoms with E-state index in [0.29, 0.717) is 0 Å². The van der Waals surface area contributed by atoms with Crippen molar-refractivity contribution in [2.75, 3.05) is 0 Å². The maximum Gasteiger partial charge on any atom is 0.108 e. The van der Waals surface area contributed by atoms with Gasteiger partial charge in [0.25, 0.3) is 0 Å². The molecule has 0 aromatic heterocycles. The quantitative estimate of drug-likeness (QED) is 0.817. The minimum atomic E-state index is -0.861. The van der Waals surface area contributed by atoms with Crippen LogP contribution in [0.3, 0.4) is 0 Å². The summed E-state index contributed by atoms with van der Waals surface area (Å²) in [6.07, 6.45) is 4.05. The maximum absolute atomic E-state index is 10.9. The van der Waals surface area contributed by atoms with E-state index in [0.717, 1.165) is 29.5 Å². The van der Waals surface area contributed by atoms with Crippen LogP contribution in [0.15, 0.2) is 54.1 Å². The van der Waals surface area contributed by atoms with Gasteiger partial charge < -0.3 is 5.11 Å². The van der Waals surface area contributed by atoms with Crippen LogP contribution >= 0.6 is 0 Å². The molecule has 0 aliphatic heterocycles. The lowest BCUT2D eigenvalue weighted by Gasteiger charge is -2.34. The summed E-state index contributed by atoms with van der Waals surface area (Å²) in [7, 11) is 0. The number of rotatable bonds is 1. The molecule has 1 aliphatic carbocycles. The minimum absolute atomic E-state index is 0.861. The Labute approximate surface area is 120 Å². The summed E-state index contributed by atoms with van der Waals surface area (Å²) < 4.78 is 0. The van der Waals surface area contributed by atoms with Crippen LogP contribution in [-0.4, -0.2) is 5.11 Å². The Hall–Kier alpha value is -1.86. The first-order valence-corrected chi connectivity index (χ1v) is 7.16. The van der Waals surface area contributed by atoms with Crippen molar-refractivity contribution in [3.8, 4) is 0 Å². The van der Waals surface area contributed by atoms with Gasteiger partial charge >= 0.3 is 0 Å². The van der Waals surface area contributed by atoms with Gasteiger partial charge in [0.05, 0.1) is 0 Å². The van der Waals surface area contributed by atoms with Gasteiger partial charge in [0.2, 0.25) is 0 Å². The predicted molar refractivity (Wildman–Crippen MR) is 83.5 cm³/mol. The number of aliphatic hydroxyl groups is 1. The molecule has 2 aromatic rings. The summed E-state index contributed by atoms with van der Waals surface area (Å²) >= 11 is 0. The van der Waals surface area contributed by atoms with Crippen molar-refractivity contribution in [2.45, 2.75) is 32.3 Å². The summed E-state index contributed by atoms with van der Waals surface area (Å²) in [4.78, 5) is 0. The summed E-state index contributed by atoms with van der Waals surface area (Å²) in [6.45, 7) is 3.99. The first-order chi connectivity index (χ1) is 9.57. The van der Waals surface area contributed by atoms with Crippen LogP contribution in [0.5, 0.6) is 0 Å². The van der Waals surface area contributed by atoms with Crippen molar-refractivity contribution >= 4 is 6.08 Å². The molecule has 0 heterocycles.